The molecule has 6 heteroatoms. The van der Waals surface area contributed by atoms with Crippen LogP contribution in [0.15, 0.2) is 192 Å². The smallest absolute Gasteiger partial charge is 0.137 e. The Morgan fingerprint density at radius 3 is 1.54 bits per heavy atom. The molecule has 0 fully saturated rings. The fourth-order valence-corrected chi connectivity index (χ4v) is 14.2. The summed E-state index contributed by atoms with van der Waals surface area (Å²) in [6, 6.07) is 70.4. The third-order valence-electron chi connectivity index (χ3n) is 16.6. The van der Waals surface area contributed by atoms with Crippen molar-refractivity contribution in [3.05, 3.63) is 230 Å². The number of thiophene rings is 1. The quantitative estimate of drug-likeness (QED) is 0.134. The first-order valence-electron chi connectivity index (χ1n) is 27.8. The molecule has 2 aromatic heterocycles. The summed E-state index contributed by atoms with van der Waals surface area (Å²) in [7, 11) is 0. The number of hydrogen-bond acceptors (Lipinski definition) is 5. The summed E-state index contributed by atoms with van der Waals surface area (Å²) in [5, 5.41) is 3.41. The first kappa shape index (κ1) is 52.6. The molecule has 4 nitrogen and oxygen atoms in total. The molecule has 0 saturated carbocycles. The molecule has 12 rings (SSSR count). The first-order chi connectivity index (χ1) is 37.6. The van der Waals surface area contributed by atoms with Gasteiger partial charge in [-0.15, -0.1) is 11.3 Å². The predicted molar refractivity (Wildman–Crippen MR) is 349 cm³/mol. The largest absolute Gasteiger partial charge is 0.456 e. The van der Waals surface area contributed by atoms with Crippen LogP contribution in [0, 0.1) is 16.7 Å². The van der Waals surface area contributed by atoms with Gasteiger partial charge in [-0.3, -0.25) is 0 Å². The van der Waals surface area contributed by atoms with Crippen LogP contribution in [0.25, 0.3) is 43.2 Å². The van der Waals surface area contributed by atoms with E-state index in [9.17, 15) is 0 Å². The van der Waals surface area contributed by atoms with Gasteiger partial charge in [0.1, 0.15) is 11.2 Å². The SMILES string of the molecule is Cc1ccc(N(c2ccc(C(C)(C)C)cc2)c2ccc(C(C)(C)C)cc2)cc1N(c1cccc(N(c2ccc(C(C)(C)C)cc2)c2c(I)sc3cc4c(cc23)-c2ccccc2C4(C)C)c1C)c1cccc2oc3ccccc3c12. The minimum Gasteiger partial charge on any atom is -0.456 e. The maximum atomic E-state index is 6.70. The van der Waals surface area contributed by atoms with Crippen LogP contribution in [0.3, 0.4) is 0 Å². The van der Waals surface area contributed by atoms with Gasteiger partial charge in [-0.1, -0.05) is 173 Å². The van der Waals surface area contributed by atoms with Crippen molar-refractivity contribution < 1.29 is 4.42 Å². The van der Waals surface area contributed by atoms with Crippen LogP contribution in [-0.2, 0) is 21.7 Å². The molecule has 0 spiro atoms. The van der Waals surface area contributed by atoms with Crippen LogP contribution in [-0.4, -0.2) is 0 Å². The van der Waals surface area contributed by atoms with Gasteiger partial charge in [-0.25, -0.2) is 0 Å². The van der Waals surface area contributed by atoms with Gasteiger partial charge >= 0.3 is 0 Å². The Labute approximate surface area is 485 Å². The molecule has 0 saturated heterocycles. The highest BCUT2D eigenvalue weighted by Gasteiger charge is 2.37. The molecular weight excluding hydrogens is 1090 g/mol. The third-order valence-corrected chi connectivity index (χ3v) is 18.7. The standard InChI is InChI=1S/C73H70IN3OS/c1-45-28-35-53(75(50-36-29-47(30-37-50)70(3,4)5)51-38-31-48(32-39-51)71(6,7)8)42-63(45)77(62-25-19-27-65-67(62)55-21-15-17-26-64(55)78-65)61-24-18-23-60(46(61)2)76(52-40-33-49(34-41-52)72(9,10)11)68-57-43-56-54-20-14-16-22-58(54)73(12,13)59(56)44-66(57)79-69(68)74/h14-44H,1-13H3. The molecule has 0 radical (unpaired) electrons. The van der Waals surface area contributed by atoms with E-state index in [1.165, 1.54) is 57.6 Å². The van der Waals surface area contributed by atoms with Crippen molar-refractivity contribution in [2.75, 3.05) is 14.7 Å². The van der Waals surface area contributed by atoms with Crippen LogP contribution in [0.1, 0.15) is 115 Å². The molecule has 0 amide bonds. The number of nitrogens with zero attached hydrogens (tertiary/aromatic N) is 3. The normalized spacial score (nSPS) is 13.3. The molecule has 0 N–H and O–H groups in total. The fourth-order valence-electron chi connectivity index (χ4n) is 12.0. The zero-order valence-electron chi connectivity index (χ0n) is 47.9. The first-order valence-corrected chi connectivity index (χ1v) is 29.7. The van der Waals surface area contributed by atoms with Gasteiger partial charge in [0.25, 0.3) is 0 Å². The number of fused-ring (bicyclic) bond motifs is 7. The molecule has 396 valence electrons. The summed E-state index contributed by atoms with van der Waals surface area (Å²) in [6.45, 7) is 29.9. The lowest BCUT2D eigenvalue weighted by molar-refractivity contribution is 0.590. The maximum Gasteiger partial charge on any atom is 0.137 e. The summed E-state index contributed by atoms with van der Waals surface area (Å²) in [5.74, 6) is 0. The van der Waals surface area contributed by atoms with E-state index in [-0.39, 0.29) is 21.7 Å². The van der Waals surface area contributed by atoms with Gasteiger partial charge in [-0.05, 0) is 194 Å². The number of anilines is 9. The minimum atomic E-state index is -0.101. The van der Waals surface area contributed by atoms with Crippen LogP contribution >= 0.6 is 33.9 Å². The second-order valence-electron chi connectivity index (χ2n) is 25.3. The molecule has 0 bridgehead atoms. The Morgan fingerprint density at radius 1 is 0.430 bits per heavy atom. The lowest BCUT2D eigenvalue weighted by Crippen LogP contribution is -2.18. The summed E-state index contributed by atoms with van der Waals surface area (Å²) in [5.41, 5.74) is 23.2. The van der Waals surface area contributed by atoms with Gasteiger partial charge in [0.05, 0.1) is 36.7 Å². The van der Waals surface area contributed by atoms with Gasteiger partial charge in [0.15, 0.2) is 0 Å². The lowest BCUT2D eigenvalue weighted by Gasteiger charge is -2.34. The third kappa shape index (κ3) is 9.13. The highest BCUT2D eigenvalue weighted by Crippen LogP contribution is 2.56. The van der Waals surface area contributed by atoms with E-state index < -0.39 is 0 Å². The van der Waals surface area contributed by atoms with E-state index >= 15 is 0 Å². The molecule has 79 heavy (non-hydrogen) atoms. The van der Waals surface area contributed by atoms with Crippen molar-refractivity contribution in [1.29, 1.82) is 0 Å². The van der Waals surface area contributed by atoms with E-state index in [1.807, 2.05) is 11.3 Å². The van der Waals surface area contributed by atoms with Gasteiger partial charge in [0.2, 0.25) is 0 Å². The van der Waals surface area contributed by atoms with Crippen molar-refractivity contribution in [2.24, 2.45) is 0 Å². The number of hydrogen-bond donors (Lipinski definition) is 0. The second-order valence-corrected chi connectivity index (χ2v) is 28.2. The fraction of sp³-hybridized carbons (Fsp3) is 0.233. The molecule has 9 aromatic carbocycles. The molecule has 11 aromatic rings. The van der Waals surface area contributed by atoms with Crippen LogP contribution < -0.4 is 14.7 Å². The lowest BCUT2D eigenvalue weighted by atomic mass is 9.82. The number of para-hydroxylation sites is 1. The van der Waals surface area contributed by atoms with E-state index in [0.717, 1.165) is 78.6 Å². The van der Waals surface area contributed by atoms with Crippen molar-refractivity contribution >= 4 is 117 Å². The topological polar surface area (TPSA) is 22.9 Å². The second kappa shape index (κ2) is 19.3. The summed E-state index contributed by atoms with van der Waals surface area (Å²) in [4.78, 5) is 7.47. The Bertz CT molecular complexity index is 4080. The van der Waals surface area contributed by atoms with Crippen LogP contribution in [0.4, 0.5) is 51.2 Å². The van der Waals surface area contributed by atoms with E-state index in [1.54, 1.807) is 0 Å². The Kier molecular flexibility index (Phi) is 12.8. The molecular formula is C73H70IN3OS. The predicted octanol–water partition coefficient (Wildman–Crippen LogP) is 22.6. The molecule has 0 atom stereocenters. The maximum absolute atomic E-state index is 6.70. The Hall–Kier alpha value is -7.13. The number of aryl methyl sites for hydroxylation is 1. The zero-order chi connectivity index (χ0) is 55.5. The van der Waals surface area contributed by atoms with Gasteiger partial charge in [0, 0.05) is 43.6 Å². The van der Waals surface area contributed by atoms with Crippen LogP contribution in [0.5, 0.6) is 0 Å². The molecule has 0 unspecified atom stereocenters. The zero-order valence-corrected chi connectivity index (χ0v) is 50.9. The van der Waals surface area contributed by atoms with E-state index in [4.69, 9.17) is 4.42 Å². The van der Waals surface area contributed by atoms with Crippen molar-refractivity contribution in [3.63, 3.8) is 0 Å². The monoisotopic (exact) mass is 1160 g/mol. The average Bonchev–Trinajstić information content (AvgIpc) is 4.26. The summed E-state index contributed by atoms with van der Waals surface area (Å²) >= 11 is 4.51. The number of furan rings is 1. The Morgan fingerprint density at radius 2 is 0.937 bits per heavy atom. The van der Waals surface area contributed by atoms with E-state index in [0.29, 0.717) is 0 Å². The molecule has 1 aliphatic carbocycles. The number of halogens is 1. The van der Waals surface area contributed by atoms with Gasteiger partial charge < -0.3 is 19.1 Å². The van der Waals surface area contributed by atoms with Crippen molar-refractivity contribution in [1.82, 2.24) is 0 Å². The molecule has 1 aliphatic rings. The van der Waals surface area contributed by atoms with Crippen molar-refractivity contribution in [2.45, 2.75) is 112 Å². The van der Waals surface area contributed by atoms with Crippen molar-refractivity contribution in [3.8, 4) is 11.1 Å². The van der Waals surface area contributed by atoms with Gasteiger partial charge in [-0.2, -0.15) is 0 Å². The highest BCUT2D eigenvalue weighted by atomic mass is 127. The number of benzene rings is 9. The Balaban J connectivity index is 1.11. The number of rotatable bonds is 9. The summed E-state index contributed by atoms with van der Waals surface area (Å²) in [6.07, 6.45) is 0. The highest BCUT2D eigenvalue weighted by molar-refractivity contribution is 14.1. The van der Waals surface area contributed by atoms with Crippen LogP contribution in [0.2, 0.25) is 0 Å². The van der Waals surface area contributed by atoms with E-state index in [2.05, 4.69) is 315 Å². The molecule has 0 aliphatic heterocycles. The minimum absolute atomic E-state index is 0.00402. The average molecular weight is 1160 g/mol. The summed E-state index contributed by atoms with van der Waals surface area (Å²) < 4.78 is 9.24. The molecule has 2 heterocycles.